The van der Waals surface area contributed by atoms with E-state index in [2.05, 4.69) is 4.90 Å². The molecule has 0 aromatic heterocycles. The highest BCUT2D eigenvalue weighted by molar-refractivity contribution is 6.46. The van der Waals surface area contributed by atoms with E-state index in [9.17, 15) is 14.7 Å². The predicted molar refractivity (Wildman–Crippen MR) is 135 cm³/mol. The van der Waals surface area contributed by atoms with Crippen molar-refractivity contribution >= 4 is 29.1 Å². The predicted octanol–water partition coefficient (Wildman–Crippen LogP) is 4.27. The molecule has 2 aliphatic heterocycles. The summed E-state index contributed by atoms with van der Waals surface area (Å²) in [4.78, 5) is 30.1. The van der Waals surface area contributed by atoms with Gasteiger partial charge in [-0.25, -0.2) is 0 Å². The maximum Gasteiger partial charge on any atom is 0.295 e. The number of morpholine rings is 1. The van der Waals surface area contributed by atoms with Gasteiger partial charge in [0.05, 0.1) is 30.9 Å². The molecule has 8 heteroatoms. The summed E-state index contributed by atoms with van der Waals surface area (Å²) >= 11 is 6.25. The van der Waals surface area contributed by atoms with Crippen molar-refractivity contribution in [2.45, 2.75) is 32.4 Å². The van der Waals surface area contributed by atoms with Crippen LogP contribution in [0, 0.1) is 0 Å². The molecule has 0 spiro atoms. The van der Waals surface area contributed by atoms with Crippen molar-refractivity contribution in [2.75, 3.05) is 39.4 Å². The molecule has 0 unspecified atom stereocenters. The molecular formula is C27H31ClN2O5. The first kappa shape index (κ1) is 25.2. The van der Waals surface area contributed by atoms with Gasteiger partial charge >= 0.3 is 0 Å². The molecule has 2 aromatic rings. The molecule has 0 radical (unpaired) electrons. The Balaban J connectivity index is 1.65. The molecular weight excluding hydrogens is 468 g/mol. The molecule has 186 valence electrons. The molecule has 4 rings (SSSR count). The number of ketones is 1. The minimum Gasteiger partial charge on any atom is -0.507 e. The number of carbonyl (C=O) groups is 2. The molecule has 2 saturated heterocycles. The smallest absolute Gasteiger partial charge is 0.295 e. The maximum absolute atomic E-state index is 13.2. The van der Waals surface area contributed by atoms with Gasteiger partial charge in [-0.15, -0.1) is 0 Å². The van der Waals surface area contributed by atoms with Crippen LogP contribution in [0.25, 0.3) is 5.76 Å². The van der Waals surface area contributed by atoms with E-state index in [4.69, 9.17) is 21.1 Å². The topological polar surface area (TPSA) is 79.3 Å². The third-order valence-corrected chi connectivity index (χ3v) is 6.42. The number of carbonyl (C=O) groups excluding carboxylic acids is 2. The third-order valence-electron chi connectivity index (χ3n) is 6.18. The van der Waals surface area contributed by atoms with Gasteiger partial charge in [-0.05, 0) is 62.2 Å². The standard InChI is InChI=1S/C27H31ClN2O5/c1-18(2)35-22-9-7-19(8-10-22)25(31)23-24(20-5-3-6-21(28)17-20)30(27(33)26(23)32)12-4-11-29-13-15-34-16-14-29/h3,5-10,17-18,24,31H,4,11-16H2,1-2H3/t24-/m0/s1. The number of likely N-dealkylation sites (tertiary alicyclic amines) is 1. The highest BCUT2D eigenvalue weighted by Gasteiger charge is 2.45. The number of halogens is 1. The van der Waals surface area contributed by atoms with Gasteiger partial charge in [0.25, 0.3) is 11.7 Å². The minimum atomic E-state index is -0.718. The molecule has 2 heterocycles. The molecule has 1 N–H and O–H groups in total. The molecule has 35 heavy (non-hydrogen) atoms. The Labute approximate surface area is 210 Å². The number of rotatable bonds is 8. The number of aliphatic hydroxyl groups excluding tert-OH is 1. The highest BCUT2D eigenvalue weighted by atomic mass is 35.5. The highest BCUT2D eigenvalue weighted by Crippen LogP contribution is 2.40. The lowest BCUT2D eigenvalue weighted by molar-refractivity contribution is -0.140. The van der Waals surface area contributed by atoms with Gasteiger partial charge in [-0.2, -0.15) is 0 Å². The fraction of sp³-hybridized carbons (Fsp3) is 0.407. The van der Waals surface area contributed by atoms with E-state index in [1.807, 2.05) is 19.9 Å². The summed E-state index contributed by atoms with van der Waals surface area (Å²) in [6.07, 6.45) is 0.714. The van der Waals surface area contributed by atoms with Crippen molar-refractivity contribution in [1.82, 2.24) is 9.80 Å². The van der Waals surface area contributed by atoms with Crippen molar-refractivity contribution in [3.8, 4) is 5.75 Å². The first-order chi connectivity index (χ1) is 16.8. The number of aliphatic hydroxyl groups is 1. The zero-order valence-electron chi connectivity index (χ0n) is 20.1. The van der Waals surface area contributed by atoms with Crippen molar-refractivity contribution in [3.05, 3.63) is 70.3 Å². The maximum atomic E-state index is 13.2. The van der Waals surface area contributed by atoms with Gasteiger partial charge < -0.3 is 19.5 Å². The number of hydrogen-bond donors (Lipinski definition) is 1. The lowest BCUT2D eigenvalue weighted by Gasteiger charge is -2.29. The fourth-order valence-corrected chi connectivity index (χ4v) is 4.74. The van der Waals surface area contributed by atoms with Crippen molar-refractivity contribution in [3.63, 3.8) is 0 Å². The van der Waals surface area contributed by atoms with Crippen LogP contribution in [0.5, 0.6) is 5.75 Å². The van der Waals surface area contributed by atoms with E-state index in [-0.39, 0.29) is 17.4 Å². The van der Waals surface area contributed by atoms with E-state index in [0.29, 0.717) is 48.1 Å². The molecule has 2 fully saturated rings. The minimum absolute atomic E-state index is 0.0139. The largest absolute Gasteiger partial charge is 0.507 e. The van der Waals surface area contributed by atoms with Crippen LogP contribution >= 0.6 is 11.6 Å². The van der Waals surface area contributed by atoms with Crippen molar-refractivity contribution < 1.29 is 24.2 Å². The molecule has 1 atom stereocenters. The molecule has 7 nitrogen and oxygen atoms in total. The summed E-state index contributed by atoms with van der Waals surface area (Å²) < 4.78 is 11.1. The molecule has 0 saturated carbocycles. The Morgan fingerprint density at radius 1 is 1.11 bits per heavy atom. The van der Waals surface area contributed by atoms with Gasteiger partial charge in [0.15, 0.2) is 0 Å². The van der Waals surface area contributed by atoms with Crippen LogP contribution in [0.3, 0.4) is 0 Å². The quantitative estimate of drug-likeness (QED) is 0.332. The van der Waals surface area contributed by atoms with Crippen molar-refractivity contribution in [2.24, 2.45) is 0 Å². The summed E-state index contributed by atoms with van der Waals surface area (Å²) in [5, 5.41) is 11.7. The molecule has 0 aliphatic carbocycles. The zero-order chi connectivity index (χ0) is 24.9. The second-order valence-electron chi connectivity index (χ2n) is 9.05. The van der Waals surface area contributed by atoms with E-state index in [1.165, 1.54) is 0 Å². The van der Waals surface area contributed by atoms with Crippen LogP contribution in [0.15, 0.2) is 54.1 Å². The summed E-state index contributed by atoms with van der Waals surface area (Å²) in [7, 11) is 0. The lowest BCUT2D eigenvalue weighted by Crippen LogP contribution is -2.38. The van der Waals surface area contributed by atoms with E-state index >= 15 is 0 Å². The van der Waals surface area contributed by atoms with Crippen LogP contribution in [0.1, 0.15) is 37.4 Å². The number of Topliss-reactive ketones (excluding diaryl/α,β-unsaturated/α-hetero) is 1. The fourth-order valence-electron chi connectivity index (χ4n) is 4.54. The summed E-state index contributed by atoms with van der Waals surface area (Å²) in [6, 6.07) is 13.2. The Morgan fingerprint density at radius 3 is 2.49 bits per heavy atom. The first-order valence-electron chi connectivity index (χ1n) is 12.0. The van der Waals surface area contributed by atoms with E-state index in [0.717, 1.165) is 19.6 Å². The normalized spacial score (nSPS) is 20.6. The average Bonchev–Trinajstić information content (AvgIpc) is 3.09. The lowest BCUT2D eigenvalue weighted by atomic mass is 9.95. The summed E-state index contributed by atoms with van der Waals surface area (Å²) in [5.41, 5.74) is 1.20. The zero-order valence-corrected chi connectivity index (χ0v) is 20.8. The van der Waals surface area contributed by atoms with Gasteiger partial charge in [-0.3, -0.25) is 14.5 Å². The SMILES string of the molecule is CC(C)Oc1ccc(C(O)=C2C(=O)C(=O)N(CCCN3CCOCC3)[C@H]2c2cccc(Cl)c2)cc1. The van der Waals surface area contributed by atoms with Crippen LogP contribution in [0.2, 0.25) is 5.02 Å². The van der Waals surface area contributed by atoms with Crippen LogP contribution in [0.4, 0.5) is 0 Å². The first-order valence-corrected chi connectivity index (χ1v) is 12.3. The monoisotopic (exact) mass is 498 g/mol. The van der Waals surface area contributed by atoms with Crippen LogP contribution in [-0.4, -0.2) is 72.1 Å². The summed E-state index contributed by atoms with van der Waals surface area (Å²) in [5.74, 6) is -0.855. The average molecular weight is 499 g/mol. The Hall–Kier alpha value is -2.87. The Kier molecular flexibility index (Phi) is 8.11. The van der Waals surface area contributed by atoms with Crippen LogP contribution in [-0.2, 0) is 14.3 Å². The van der Waals surface area contributed by atoms with Gasteiger partial charge in [0, 0.05) is 36.8 Å². The molecule has 2 aromatic carbocycles. The Bertz CT molecular complexity index is 1090. The molecule has 1 amide bonds. The van der Waals surface area contributed by atoms with Crippen molar-refractivity contribution in [1.29, 1.82) is 0 Å². The summed E-state index contributed by atoms with van der Waals surface area (Å²) in [6.45, 7) is 8.16. The molecule has 0 bridgehead atoms. The number of nitrogens with zero attached hydrogens (tertiary/aromatic N) is 2. The van der Waals surface area contributed by atoms with Gasteiger partial charge in [0.2, 0.25) is 0 Å². The van der Waals surface area contributed by atoms with Crippen LogP contribution < -0.4 is 4.74 Å². The Morgan fingerprint density at radius 2 is 1.83 bits per heavy atom. The van der Waals surface area contributed by atoms with E-state index < -0.39 is 17.7 Å². The van der Waals surface area contributed by atoms with E-state index in [1.54, 1.807) is 47.4 Å². The third kappa shape index (κ3) is 5.86. The van der Waals surface area contributed by atoms with Gasteiger partial charge in [0.1, 0.15) is 11.5 Å². The second-order valence-corrected chi connectivity index (χ2v) is 9.48. The number of benzene rings is 2. The number of ether oxygens (including phenoxy) is 2. The number of hydrogen-bond acceptors (Lipinski definition) is 6. The number of amides is 1. The molecule has 2 aliphatic rings. The second kappa shape index (κ2) is 11.2. The van der Waals surface area contributed by atoms with Gasteiger partial charge in [-0.1, -0.05) is 23.7 Å².